The van der Waals surface area contributed by atoms with Gasteiger partial charge in [-0.15, -0.1) is 0 Å². The van der Waals surface area contributed by atoms with Gasteiger partial charge < -0.3 is 19.3 Å². The first-order valence-corrected chi connectivity index (χ1v) is 8.72. The molecule has 1 N–H and O–H groups in total. The maximum atomic E-state index is 12.6. The van der Waals surface area contributed by atoms with Crippen LogP contribution in [0.3, 0.4) is 0 Å². The molecule has 1 amide bonds. The zero-order valence-corrected chi connectivity index (χ0v) is 14.9. The topological polar surface area (TPSA) is 87.9 Å². The smallest absolute Gasteiger partial charge is 0.317 e. The highest BCUT2D eigenvalue weighted by Crippen LogP contribution is 2.13. The van der Waals surface area contributed by atoms with E-state index in [0.29, 0.717) is 39.2 Å². The van der Waals surface area contributed by atoms with E-state index in [4.69, 9.17) is 9.84 Å². The molecule has 8 heteroatoms. The normalized spacial score (nSPS) is 17.8. The van der Waals surface area contributed by atoms with Crippen LogP contribution in [0.25, 0.3) is 11.0 Å². The molecule has 3 rings (SSSR count). The van der Waals surface area contributed by atoms with E-state index in [1.165, 1.54) is 0 Å². The summed E-state index contributed by atoms with van der Waals surface area (Å²) in [6.45, 7) is 2.57. The van der Waals surface area contributed by atoms with Crippen LogP contribution in [0.4, 0.5) is 0 Å². The highest BCUT2D eigenvalue weighted by atomic mass is 16.5. The van der Waals surface area contributed by atoms with Crippen LogP contribution in [-0.2, 0) is 20.9 Å². The number of nitrogens with zero attached hydrogens (tertiary/aromatic N) is 4. The lowest BCUT2D eigenvalue weighted by Gasteiger charge is -2.34. The van der Waals surface area contributed by atoms with Gasteiger partial charge in [-0.25, -0.2) is 4.98 Å². The zero-order valence-electron chi connectivity index (χ0n) is 14.9. The fraction of sp³-hybridized carbons (Fsp3) is 0.500. The van der Waals surface area contributed by atoms with Crippen molar-refractivity contribution < 1.29 is 19.4 Å². The monoisotopic (exact) mass is 360 g/mol. The van der Waals surface area contributed by atoms with Crippen LogP contribution in [0.2, 0.25) is 0 Å². The van der Waals surface area contributed by atoms with E-state index < -0.39 is 5.97 Å². The van der Waals surface area contributed by atoms with Gasteiger partial charge in [-0.3, -0.25) is 14.5 Å². The summed E-state index contributed by atoms with van der Waals surface area (Å²) in [4.78, 5) is 31.2. The van der Waals surface area contributed by atoms with Crippen molar-refractivity contribution in [1.29, 1.82) is 0 Å². The molecule has 0 aliphatic carbocycles. The number of benzene rings is 1. The number of carbonyl (C=O) groups is 2. The molecule has 0 spiro atoms. The molecule has 0 bridgehead atoms. The predicted molar refractivity (Wildman–Crippen MR) is 95.8 cm³/mol. The summed E-state index contributed by atoms with van der Waals surface area (Å²) < 4.78 is 7.67. The highest BCUT2D eigenvalue weighted by molar-refractivity contribution is 5.77. The van der Waals surface area contributed by atoms with Gasteiger partial charge in [0, 0.05) is 32.6 Å². The lowest BCUT2D eigenvalue weighted by molar-refractivity contribution is -0.142. The van der Waals surface area contributed by atoms with E-state index in [1.54, 1.807) is 18.3 Å². The molecule has 8 nitrogen and oxygen atoms in total. The minimum Gasteiger partial charge on any atom is -0.480 e. The number of hydrogen-bond donors (Lipinski definition) is 1. The fourth-order valence-electron chi connectivity index (χ4n) is 3.26. The van der Waals surface area contributed by atoms with Gasteiger partial charge in [0.2, 0.25) is 5.91 Å². The largest absolute Gasteiger partial charge is 0.480 e. The van der Waals surface area contributed by atoms with Crippen molar-refractivity contribution in [3.63, 3.8) is 0 Å². The van der Waals surface area contributed by atoms with Crippen molar-refractivity contribution in [2.75, 3.05) is 39.8 Å². The number of likely N-dealkylation sites (N-methyl/N-ethyl adjacent to an activating group) is 1. The van der Waals surface area contributed by atoms with Gasteiger partial charge in [-0.05, 0) is 19.2 Å². The second-order valence-corrected chi connectivity index (χ2v) is 6.60. The Labute approximate surface area is 152 Å². The minimum absolute atomic E-state index is 0.0402. The SMILES string of the molecule is CN(CC(=O)O)CC1CN(C(=O)CCn2cnc3ccccc32)CCO1. The number of carboxylic acid groups (broad SMARTS) is 1. The first-order chi connectivity index (χ1) is 12.5. The van der Waals surface area contributed by atoms with Crippen LogP contribution in [0.5, 0.6) is 0 Å². The summed E-state index contributed by atoms with van der Waals surface area (Å²) in [6, 6.07) is 7.85. The Bertz CT molecular complexity index is 775. The van der Waals surface area contributed by atoms with Gasteiger partial charge in [0.1, 0.15) is 0 Å². The molecule has 0 radical (unpaired) electrons. The number of aryl methyl sites for hydroxylation is 1. The molecule has 1 unspecified atom stereocenters. The Hall–Kier alpha value is -2.45. The fourth-order valence-corrected chi connectivity index (χ4v) is 3.26. The van der Waals surface area contributed by atoms with Crippen LogP contribution < -0.4 is 0 Å². The molecule has 1 aromatic carbocycles. The average molecular weight is 360 g/mol. The van der Waals surface area contributed by atoms with Gasteiger partial charge in [0.05, 0.1) is 36.6 Å². The first kappa shape index (κ1) is 18.3. The maximum Gasteiger partial charge on any atom is 0.317 e. The van der Waals surface area contributed by atoms with Crippen molar-refractivity contribution in [2.24, 2.45) is 0 Å². The Morgan fingerprint density at radius 2 is 2.19 bits per heavy atom. The summed E-state index contributed by atoms with van der Waals surface area (Å²) in [5.74, 6) is -0.791. The summed E-state index contributed by atoms with van der Waals surface area (Å²) in [7, 11) is 1.74. The number of hydrogen-bond acceptors (Lipinski definition) is 5. The Morgan fingerprint density at radius 1 is 1.38 bits per heavy atom. The second kappa shape index (κ2) is 8.29. The van der Waals surface area contributed by atoms with Crippen molar-refractivity contribution in [3.05, 3.63) is 30.6 Å². The summed E-state index contributed by atoms with van der Waals surface area (Å²) in [5.41, 5.74) is 1.95. The lowest BCUT2D eigenvalue weighted by Crippen LogP contribution is -2.49. The molecular formula is C18H24N4O4. The third-order valence-corrected chi connectivity index (χ3v) is 4.51. The molecule has 2 aromatic rings. The van der Waals surface area contributed by atoms with Crippen LogP contribution >= 0.6 is 0 Å². The van der Waals surface area contributed by atoms with Crippen molar-refractivity contribution in [1.82, 2.24) is 19.4 Å². The molecule has 1 aliphatic rings. The quantitative estimate of drug-likeness (QED) is 0.781. The Kier molecular flexibility index (Phi) is 5.85. The maximum absolute atomic E-state index is 12.6. The molecule has 1 atom stereocenters. The van der Waals surface area contributed by atoms with Crippen LogP contribution in [0.15, 0.2) is 30.6 Å². The number of fused-ring (bicyclic) bond motifs is 1. The lowest BCUT2D eigenvalue weighted by atomic mass is 10.2. The van der Waals surface area contributed by atoms with Gasteiger partial charge in [0.25, 0.3) is 0 Å². The van der Waals surface area contributed by atoms with Crippen LogP contribution in [-0.4, -0.2) is 82.3 Å². The number of aliphatic carboxylic acids is 1. The van der Waals surface area contributed by atoms with Gasteiger partial charge in [-0.1, -0.05) is 12.1 Å². The van der Waals surface area contributed by atoms with Gasteiger partial charge >= 0.3 is 5.97 Å². The zero-order chi connectivity index (χ0) is 18.5. The number of ether oxygens (including phenoxy) is 1. The van der Waals surface area contributed by atoms with Crippen molar-refractivity contribution >= 4 is 22.9 Å². The first-order valence-electron chi connectivity index (χ1n) is 8.72. The number of morpholine rings is 1. The van der Waals surface area contributed by atoms with Gasteiger partial charge in [0.15, 0.2) is 0 Å². The van der Waals surface area contributed by atoms with Gasteiger partial charge in [-0.2, -0.15) is 0 Å². The summed E-state index contributed by atoms with van der Waals surface area (Å²) in [5, 5.41) is 8.83. The number of para-hydroxylation sites is 2. The minimum atomic E-state index is -0.871. The molecule has 0 saturated carbocycles. The molecule has 2 heterocycles. The third kappa shape index (κ3) is 4.59. The standard InChI is InChI=1S/C18H24N4O4/c1-20(12-18(24)25)10-14-11-21(8-9-26-14)17(23)6-7-22-13-19-15-4-2-3-5-16(15)22/h2-5,13-14H,6-12H2,1H3,(H,24,25). The Morgan fingerprint density at radius 3 is 3.00 bits per heavy atom. The van der Waals surface area contributed by atoms with E-state index >= 15 is 0 Å². The molecule has 1 aromatic heterocycles. The Balaban J connectivity index is 1.52. The molecule has 140 valence electrons. The summed E-state index contributed by atoms with van der Waals surface area (Å²) in [6.07, 6.45) is 2.00. The van der Waals surface area contributed by atoms with E-state index in [2.05, 4.69) is 4.98 Å². The molecule has 1 saturated heterocycles. The number of amides is 1. The number of imidazole rings is 1. The molecule has 26 heavy (non-hydrogen) atoms. The number of carboxylic acids is 1. The highest BCUT2D eigenvalue weighted by Gasteiger charge is 2.25. The number of carbonyl (C=O) groups excluding carboxylic acids is 1. The summed E-state index contributed by atoms with van der Waals surface area (Å²) >= 11 is 0. The molecule has 1 aliphatic heterocycles. The number of rotatable bonds is 7. The van der Waals surface area contributed by atoms with Crippen molar-refractivity contribution in [2.45, 2.75) is 19.1 Å². The average Bonchev–Trinajstić information content (AvgIpc) is 3.02. The third-order valence-electron chi connectivity index (χ3n) is 4.51. The number of aromatic nitrogens is 2. The molecule has 1 fully saturated rings. The van der Waals surface area contributed by atoms with E-state index in [-0.39, 0.29) is 18.6 Å². The van der Waals surface area contributed by atoms with Crippen molar-refractivity contribution in [3.8, 4) is 0 Å². The van der Waals surface area contributed by atoms with E-state index in [9.17, 15) is 9.59 Å². The predicted octanol–water partition coefficient (Wildman–Crippen LogP) is 0.670. The molecular weight excluding hydrogens is 336 g/mol. The van der Waals surface area contributed by atoms with E-state index in [1.807, 2.05) is 33.7 Å². The van der Waals surface area contributed by atoms with Crippen LogP contribution in [0.1, 0.15) is 6.42 Å². The van der Waals surface area contributed by atoms with Crippen LogP contribution in [0, 0.1) is 0 Å². The van der Waals surface area contributed by atoms with E-state index in [0.717, 1.165) is 11.0 Å². The second-order valence-electron chi connectivity index (χ2n) is 6.60.